The Bertz CT molecular complexity index is 1080. The summed E-state index contributed by atoms with van der Waals surface area (Å²) in [6, 6.07) is 12.7. The number of nitrogens with zero attached hydrogens (tertiary/aromatic N) is 2. The molecule has 0 atom stereocenters. The average molecular weight is 385 g/mol. The molecule has 0 radical (unpaired) electrons. The summed E-state index contributed by atoms with van der Waals surface area (Å²) in [6.45, 7) is 6.40. The molecular weight excluding hydrogens is 360 g/mol. The highest BCUT2D eigenvalue weighted by molar-refractivity contribution is 7.90. The first kappa shape index (κ1) is 18.1. The van der Waals surface area contributed by atoms with Crippen molar-refractivity contribution in [1.29, 1.82) is 0 Å². The van der Waals surface area contributed by atoms with E-state index in [0.29, 0.717) is 22.9 Å². The van der Waals surface area contributed by atoms with Gasteiger partial charge in [-0.25, -0.2) is 12.4 Å². The van der Waals surface area contributed by atoms with Crippen LogP contribution in [-0.4, -0.2) is 37.5 Å². The molecule has 0 saturated carbocycles. The molecule has 27 heavy (non-hydrogen) atoms. The van der Waals surface area contributed by atoms with Crippen LogP contribution < -0.4 is 4.74 Å². The predicted molar refractivity (Wildman–Crippen MR) is 107 cm³/mol. The highest BCUT2D eigenvalue weighted by atomic mass is 32.2. The third-order valence-electron chi connectivity index (χ3n) is 5.17. The Kier molecular flexibility index (Phi) is 4.48. The SMILES string of the molecule is CC(C)c1ccc(S(=O)(=O)n2ccc3c4c(ccc32)OCCN(C)C4)cc1. The molecule has 6 heteroatoms. The van der Waals surface area contributed by atoms with E-state index in [0.717, 1.165) is 35.4 Å². The van der Waals surface area contributed by atoms with E-state index in [4.69, 9.17) is 4.74 Å². The first-order chi connectivity index (χ1) is 12.9. The number of rotatable bonds is 3. The number of ether oxygens (including phenoxy) is 1. The molecule has 0 fully saturated rings. The van der Waals surface area contributed by atoms with Gasteiger partial charge >= 0.3 is 0 Å². The highest BCUT2D eigenvalue weighted by Crippen LogP contribution is 2.33. The van der Waals surface area contributed by atoms with Gasteiger partial charge in [0.25, 0.3) is 10.0 Å². The molecule has 2 aromatic carbocycles. The van der Waals surface area contributed by atoms with Crippen molar-refractivity contribution < 1.29 is 13.2 Å². The Morgan fingerprint density at radius 2 is 1.78 bits per heavy atom. The highest BCUT2D eigenvalue weighted by Gasteiger charge is 2.22. The minimum atomic E-state index is -3.65. The monoisotopic (exact) mass is 384 g/mol. The lowest BCUT2D eigenvalue weighted by Crippen LogP contribution is -2.20. The summed E-state index contributed by atoms with van der Waals surface area (Å²) in [5, 5.41) is 0.920. The molecule has 0 bridgehead atoms. The van der Waals surface area contributed by atoms with E-state index < -0.39 is 10.0 Å². The van der Waals surface area contributed by atoms with E-state index in [-0.39, 0.29) is 0 Å². The maximum atomic E-state index is 13.2. The van der Waals surface area contributed by atoms with Gasteiger partial charge in [-0.2, -0.15) is 0 Å². The Balaban J connectivity index is 1.82. The van der Waals surface area contributed by atoms with Crippen molar-refractivity contribution in [2.45, 2.75) is 31.2 Å². The number of hydrogen-bond donors (Lipinski definition) is 0. The lowest BCUT2D eigenvalue weighted by Gasteiger charge is -2.13. The number of likely N-dealkylation sites (N-methyl/N-ethyl adjacent to an activating group) is 1. The van der Waals surface area contributed by atoms with Crippen molar-refractivity contribution in [3.63, 3.8) is 0 Å². The summed E-state index contributed by atoms with van der Waals surface area (Å²) in [7, 11) is -1.61. The number of hydrogen-bond acceptors (Lipinski definition) is 4. The molecular formula is C21H24N2O3S. The van der Waals surface area contributed by atoms with Gasteiger partial charge in [0.05, 0.1) is 10.4 Å². The van der Waals surface area contributed by atoms with Crippen LogP contribution in [0, 0.1) is 0 Å². The van der Waals surface area contributed by atoms with Crippen molar-refractivity contribution >= 4 is 20.9 Å². The van der Waals surface area contributed by atoms with Crippen LogP contribution in [0.25, 0.3) is 10.9 Å². The number of fused-ring (bicyclic) bond motifs is 3. The topological polar surface area (TPSA) is 51.5 Å². The molecule has 4 rings (SSSR count). The van der Waals surface area contributed by atoms with Gasteiger partial charge in [0.15, 0.2) is 0 Å². The summed E-state index contributed by atoms with van der Waals surface area (Å²) in [4.78, 5) is 2.48. The molecule has 2 heterocycles. The van der Waals surface area contributed by atoms with Crippen LogP contribution in [-0.2, 0) is 16.6 Å². The molecule has 142 valence electrons. The van der Waals surface area contributed by atoms with Gasteiger partial charge in [0.2, 0.25) is 0 Å². The summed E-state index contributed by atoms with van der Waals surface area (Å²) >= 11 is 0. The Morgan fingerprint density at radius 3 is 2.48 bits per heavy atom. The van der Waals surface area contributed by atoms with E-state index in [1.165, 1.54) is 3.97 Å². The molecule has 0 N–H and O–H groups in total. The average Bonchev–Trinajstić information content (AvgIpc) is 2.99. The van der Waals surface area contributed by atoms with Gasteiger partial charge in [-0.05, 0) is 48.9 Å². The minimum Gasteiger partial charge on any atom is -0.492 e. The van der Waals surface area contributed by atoms with Crippen molar-refractivity contribution in [2.75, 3.05) is 20.2 Å². The second kappa shape index (κ2) is 6.69. The molecule has 0 unspecified atom stereocenters. The minimum absolute atomic E-state index is 0.299. The molecule has 1 aromatic heterocycles. The fraction of sp³-hybridized carbons (Fsp3) is 0.333. The van der Waals surface area contributed by atoms with E-state index >= 15 is 0 Å². The van der Waals surface area contributed by atoms with Gasteiger partial charge in [0.1, 0.15) is 12.4 Å². The van der Waals surface area contributed by atoms with E-state index in [1.54, 1.807) is 18.3 Å². The molecule has 1 aliphatic rings. The Hall–Kier alpha value is -2.31. The Morgan fingerprint density at radius 1 is 1.04 bits per heavy atom. The Labute approximate surface area is 160 Å². The van der Waals surface area contributed by atoms with Crippen LogP contribution in [0.5, 0.6) is 5.75 Å². The summed E-state index contributed by atoms with van der Waals surface area (Å²) in [6.07, 6.45) is 1.64. The van der Waals surface area contributed by atoms with Crippen LogP contribution in [0.3, 0.4) is 0 Å². The number of aromatic nitrogens is 1. The van der Waals surface area contributed by atoms with E-state index in [9.17, 15) is 8.42 Å². The van der Waals surface area contributed by atoms with Gasteiger partial charge in [-0.1, -0.05) is 26.0 Å². The number of benzene rings is 2. The van der Waals surface area contributed by atoms with Gasteiger partial charge in [0, 0.05) is 30.2 Å². The van der Waals surface area contributed by atoms with Gasteiger partial charge in [-0.3, -0.25) is 4.90 Å². The third-order valence-corrected chi connectivity index (χ3v) is 6.87. The standard InChI is InChI=1S/C21H24N2O3S/c1-15(2)16-4-6-17(7-5-16)27(24,25)23-11-10-18-19-14-22(3)12-13-26-21(19)9-8-20(18)23/h4-11,15H,12-14H2,1-3H3. The zero-order valence-electron chi connectivity index (χ0n) is 15.8. The summed E-state index contributed by atoms with van der Waals surface area (Å²) in [5.41, 5.74) is 2.84. The van der Waals surface area contributed by atoms with Crippen molar-refractivity contribution in [3.8, 4) is 5.75 Å². The quantitative estimate of drug-likeness (QED) is 0.689. The smallest absolute Gasteiger partial charge is 0.268 e. The first-order valence-corrected chi connectivity index (χ1v) is 10.6. The van der Waals surface area contributed by atoms with Crippen LogP contribution in [0.2, 0.25) is 0 Å². The predicted octanol–water partition coefficient (Wildman–Crippen LogP) is 3.83. The van der Waals surface area contributed by atoms with E-state index in [1.807, 2.05) is 37.4 Å². The second-order valence-electron chi connectivity index (χ2n) is 7.40. The van der Waals surface area contributed by atoms with Crippen LogP contribution in [0.15, 0.2) is 53.6 Å². The van der Waals surface area contributed by atoms with Crippen LogP contribution in [0.4, 0.5) is 0 Å². The van der Waals surface area contributed by atoms with Crippen molar-refractivity contribution in [1.82, 2.24) is 8.87 Å². The lowest BCUT2D eigenvalue weighted by molar-refractivity contribution is 0.259. The molecule has 5 nitrogen and oxygen atoms in total. The molecule has 1 aliphatic heterocycles. The zero-order chi connectivity index (χ0) is 19.2. The van der Waals surface area contributed by atoms with Gasteiger partial charge < -0.3 is 4.74 Å². The molecule has 0 amide bonds. The summed E-state index contributed by atoms with van der Waals surface area (Å²) < 4.78 is 33.6. The first-order valence-electron chi connectivity index (χ1n) is 9.18. The van der Waals surface area contributed by atoms with Gasteiger partial charge in [-0.15, -0.1) is 0 Å². The lowest BCUT2D eigenvalue weighted by atomic mass is 10.0. The largest absolute Gasteiger partial charge is 0.492 e. The van der Waals surface area contributed by atoms with Crippen LogP contribution in [0.1, 0.15) is 30.9 Å². The normalized spacial score (nSPS) is 15.6. The third kappa shape index (κ3) is 3.13. The summed E-state index contributed by atoms with van der Waals surface area (Å²) in [5.74, 6) is 1.20. The van der Waals surface area contributed by atoms with Crippen LogP contribution >= 0.6 is 0 Å². The molecule has 0 saturated heterocycles. The van der Waals surface area contributed by atoms with E-state index in [2.05, 4.69) is 18.7 Å². The fourth-order valence-corrected chi connectivity index (χ4v) is 4.89. The zero-order valence-corrected chi connectivity index (χ0v) is 16.7. The maximum Gasteiger partial charge on any atom is 0.268 e. The van der Waals surface area contributed by atoms with Crippen molar-refractivity contribution in [3.05, 3.63) is 59.8 Å². The molecule has 3 aromatic rings. The second-order valence-corrected chi connectivity index (χ2v) is 9.22. The fourth-order valence-electron chi connectivity index (χ4n) is 3.54. The maximum absolute atomic E-state index is 13.2. The molecule has 0 spiro atoms. The van der Waals surface area contributed by atoms with Crippen molar-refractivity contribution in [2.24, 2.45) is 0 Å². The molecule has 0 aliphatic carbocycles.